The van der Waals surface area contributed by atoms with Crippen molar-refractivity contribution >= 4 is 22.2 Å². The van der Waals surface area contributed by atoms with Crippen LogP contribution < -0.4 is 0 Å². The Morgan fingerprint density at radius 2 is 2.05 bits per heavy atom. The van der Waals surface area contributed by atoms with Crippen molar-refractivity contribution in [2.24, 2.45) is 0 Å². The number of aromatic nitrogens is 2. The molecule has 2 aromatic heterocycles. The summed E-state index contributed by atoms with van der Waals surface area (Å²) in [5.74, 6) is 0.562. The highest BCUT2D eigenvalue weighted by atomic mass is 79.9. The number of nitrogens with zero attached hydrogens (tertiary/aromatic N) is 2. The summed E-state index contributed by atoms with van der Waals surface area (Å²) in [6.45, 7) is 4.07. The third kappa shape index (κ3) is 2.56. The molecule has 0 aliphatic rings. The van der Waals surface area contributed by atoms with E-state index in [1.807, 2.05) is 26.0 Å². The minimum Gasteiger partial charge on any atom is -0.448 e. The van der Waals surface area contributed by atoms with Gasteiger partial charge in [-0.05, 0) is 53.5 Å². The van der Waals surface area contributed by atoms with Gasteiger partial charge in [0, 0.05) is 6.20 Å². The molecule has 0 N–H and O–H groups in total. The van der Waals surface area contributed by atoms with Crippen molar-refractivity contribution in [1.29, 1.82) is 0 Å². The second-order valence-corrected chi connectivity index (χ2v) is 5.67. The van der Waals surface area contributed by atoms with Gasteiger partial charge >= 0.3 is 0 Å². The van der Waals surface area contributed by atoms with Gasteiger partial charge in [-0.1, -0.05) is 17.7 Å². The minimum atomic E-state index is 0.497. The van der Waals surface area contributed by atoms with E-state index >= 15 is 0 Å². The third-order valence-electron chi connectivity index (χ3n) is 3.28. The first-order valence-corrected chi connectivity index (χ1v) is 7.26. The fourth-order valence-electron chi connectivity index (χ4n) is 2.29. The molecule has 0 aliphatic heterocycles. The lowest BCUT2D eigenvalue weighted by atomic mass is 10.1. The van der Waals surface area contributed by atoms with Gasteiger partial charge < -0.3 is 4.42 Å². The van der Waals surface area contributed by atoms with E-state index in [1.165, 1.54) is 5.56 Å². The van der Waals surface area contributed by atoms with Crippen LogP contribution in [-0.4, -0.2) is 16.1 Å². The molecule has 0 aliphatic carbocycles. The van der Waals surface area contributed by atoms with E-state index in [0.29, 0.717) is 21.7 Å². The number of rotatable bonds is 3. The summed E-state index contributed by atoms with van der Waals surface area (Å²) in [4.78, 5) is 11.3. The van der Waals surface area contributed by atoms with Crippen LogP contribution in [0.2, 0.25) is 0 Å². The second-order valence-electron chi connectivity index (χ2n) is 4.89. The number of hydrogen-bond donors (Lipinski definition) is 0. The summed E-state index contributed by atoms with van der Waals surface area (Å²) in [5.41, 5.74) is 4.27. The van der Waals surface area contributed by atoms with Gasteiger partial charge in [-0.15, -0.1) is 0 Å². The molecule has 0 saturated heterocycles. The lowest BCUT2D eigenvalue weighted by Crippen LogP contribution is -1.98. The lowest BCUT2D eigenvalue weighted by Gasteiger charge is -2.06. The molecule has 106 valence electrons. The van der Waals surface area contributed by atoms with Gasteiger partial charge in [0.05, 0.1) is 11.3 Å². The van der Waals surface area contributed by atoms with E-state index in [-0.39, 0.29) is 0 Å². The first-order valence-electron chi connectivity index (χ1n) is 6.46. The monoisotopic (exact) mass is 344 g/mol. The zero-order valence-electron chi connectivity index (χ0n) is 11.6. The number of benzene rings is 1. The fourth-order valence-corrected chi connectivity index (χ4v) is 2.60. The SMILES string of the molecule is Cc1ccc(-n2cc(C=O)c(-c3ccc(Br)o3)n2)c(C)c1. The van der Waals surface area contributed by atoms with E-state index in [2.05, 4.69) is 27.1 Å². The smallest absolute Gasteiger partial charge is 0.169 e. The van der Waals surface area contributed by atoms with Gasteiger partial charge in [0.1, 0.15) is 5.69 Å². The standard InChI is InChI=1S/C16H13BrN2O2/c1-10-3-4-13(11(2)7-10)19-8-12(9-20)16(18-19)14-5-6-15(17)21-14/h3-9H,1-2H3. The molecule has 0 fully saturated rings. The molecule has 0 saturated carbocycles. The van der Waals surface area contributed by atoms with Gasteiger partial charge in [0.25, 0.3) is 0 Å². The van der Waals surface area contributed by atoms with Crippen LogP contribution in [0, 0.1) is 13.8 Å². The molecule has 5 heteroatoms. The average molecular weight is 345 g/mol. The van der Waals surface area contributed by atoms with Crippen LogP contribution >= 0.6 is 15.9 Å². The highest BCUT2D eigenvalue weighted by Crippen LogP contribution is 2.27. The van der Waals surface area contributed by atoms with Crippen molar-refractivity contribution in [2.45, 2.75) is 13.8 Å². The molecule has 2 heterocycles. The summed E-state index contributed by atoms with van der Waals surface area (Å²) in [6, 6.07) is 9.66. The highest BCUT2D eigenvalue weighted by Gasteiger charge is 2.15. The normalized spacial score (nSPS) is 10.8. The van der Waals surface area contributed by atoms with Crippen LogP contribution in [0.5, 0.6) is 0 Å². The highest BCUT2D eigenvalue weighted by molar-refractivity contribution is 9.10. The van der Waals surface area contributed by atoms with Gasteiger partial charge in [0.2, 0.25) is 0 Å². The fraction of sp³-hybridized carbons (Fsp3) is 0.125. The molecular formula is C16H13BrN2O2. The van der Waals surface area contributed by atoms with Crippen LogP contribution in [0.1, 0.15) is 21.5 Å². The van der Waals surface area contributed by atoms with Gasteiger partial charge in [-0.25, -0.2) is 4.68 Å². The molecule has 0 spiro atoms. The van der Waals surface area contributed by atoms with Crippen LogP contribution in [0.3, 0.4) is 0 Å². The quantitative estimate of drug-likeness (QED) is 0.664. The summed E-state index contributed by atoms with van der Waals surface area (Å²) in [5, 5.41) is 4.50. The van der Waals surface area contributed by atoms with Gasteiger partial charge in [-0.3, -0.25) is 4.79 Å². The molecule has 3 rings (SSSR count). The van der Waals surface area contributed by atoms with Crippen molar-refractivity contribution in [2.75, 3.05) is 0 Å². The zero-order chi connectivity index (χ0) is 15.0. The van der Waals surface area contributed by atoms with Crippen LogP contribution in [0.4, 0.5) is 0 Å². The van der Waals surface area contributed by atoms with Crippen LogP contribution in [-0.2, 0) is 0 Å². The van der Waals surface area contributed by atoms with E-state index in [1.54, 1.807) is 23.0 Å². The molecular weight excluding hydrogens is 332 g/mol. The van der Waals surface area contributed by atoms with Crippen molar-refractivity contribution < 1.29 is 9.21 Å². The molecule has 0 unspecified atom stereocenters. The maximum atomic E-state index is 11.3. The Balaban J connectivity index is 2.13. The van der Waals surface area contributed by atoms with Gasteiger partial charge in [-0.2, -0.15) is 5.10 Å². The molecule has 4 nitrogen and oxygen atoms in total. The maximum absolute atomic E-state index is 11.3. The second kappa shape index (κ2) is 5.33. The van der Waals surface area contributed by atoms with Crippen LogP contribution in [0.15, 0.2) is 45.6 Å². The number of halogens is 1. The van der Waals surface area contributed by atoms with Crippen LogP contribution in [0.25, 0.3) is 17.1 Å². The molecule has 0 radical (unpaired) electrons. The first kappa shape index (κ1) is 13.8. The third-order valence-corrected chi connectivity index (χ3v) is 3.70. The number of aldehydes is 1. The zero-order valence-corrected chi connectivity index (χ0v) is 13.2. The Morgan fingerprint density at radius 3 is 2.67 bits per heavy atom. The molecule has 21 heavy (non-hydrogen) atoms. The Bertz CT molecular complexity index is 818. The number of aryl methyl sites for hydroxylation is 2. The molecule has 1 aromatic carbocycles. The van der Waals surface area contributed by atoms with Crippen molar-refractivity contribution in [3.8, 4) is 17.1 Å². The Morgan fingerprint density at radius 1 is 1.24 bits per heavy atom. The van der Waals surface area contributed by atoms with Gasteiger partial charge in [0.15, 0.2) is 16.7 Å². The largest absolute Gasteiger partial charge is 0.448 e. The summed E-state index contributed by atoms with van der Waals surface area (Å²) in [6.07, 6.45) is 2.51. The summed E-state index contributed by atoms with van der Waals surface area (Å²) >= 11 is 3.26. The predicted molar refractivity (Wildman–Crippen MR) is 83.8 cm³/mol. The lowest BCUT2D eigenvalue weighted by molar-refractivity contribution is 0.112. The van der Waals surface area contributed by atoms with E-state index in [9.17, 15) is 4.79 Å². The maximum Gasteiger partial charge on any atom is 0.169 e. The van der Waals surface area contributed by atoms with E-state index in [0.717, 1.165) is 17.5 Å². The molecule has 0 atom stereocenters. The Kier molecular flexibility index (Phi) is 3.51. The average Bonchev–Trinajstić information content (AvgIpc) is 3.04. The predicted octanol–water partition coefficient (Wildman–Crippen LogP) is 4.32. The Hall–Kier alpha value is -2.14. The topological polar surface area (TPSA) is 48.0 Å². The first-order chi connectivity index (χ1) is 10.1. The van der Waals surface area contributed by atoms with E-state index < -0.39 is 0 Å². The summed E-state index contributed by atoms with van der Waals surface area (Å²) in [7, 11) is 0. The Labute approximate surface area is 130 Å². The number of carbonyl (C=O) groups is 1. The number of hydrogen-bond acceptors (Lipinski definition) is 3. The number of furan rings is 1. The van der Waals surface area contributed by atoms with Crippen molar-refractivity contribution in [3.05, 3.63) is 57.9 Å². The van der Waals surface area contributed by atoms with E-state index in [4.69, 9.17) is 4.42 Å². The van der Waals surface area contributed by atoms with Crippen molar-refractivity contribution in [3.63, 3.8) is 0 Å². The molecule has 0 amide bonds. The molecule has 0 bridgehead atoms. The summed E-state index contributed by atoms with van der Waals surface area (Å²) < 4.78 is 7.81. The molecule has 3 aromatic rings. The number of carbonyl (C=O) groups excluding carboxylic acids is 1. The minimum absolute atomic E-state index is 0.497. The van der Waals surface area contributed by atoms with Crippen molar-refractivity contribution in [1.82, 2.24) is 9.78 Å².